The van der Waals surface area contributed by atoms with Gasteiger partial charge in [-0.1, -0.05) is 36.4 Å². The molecule has 0 aliphatic heterocycles. The molecule has 120 valence electrons. The van der Waals surface area contributed by atoms with Gasteiger partial charge in [-0.3, -0.25) is 4.79 Å². The monoisotopic (exact) mass is 313 g/mol. The molecule has 0 aliphatic rings. The maximum atomic E-state index is 12.0. The van der Waals surface area contributed by atoms with E-state index in [9.17, 15) is 14.7 Å². The van der Waals surface area contributed by atoms with Gasteiger partial charge in [0, 0.05) is 6.54 Å². The molecule has 0 saturated carbocycles. The van der Waals surface area contributed by atoms with E-state index in [1.54, 1.807) is 13.0 Å². The number of ether oxygens (including phenoxy) is 1. The van der Waals surface area contributed by atoms with Crippen molar-refractivity contribution in [3.8, 4) is 5.75 Å². The van der Waals surface area contributed by atoms with Gasteiger partial charge in [0.25, 0.3) is 5.91 Å². The van der Waals surface area contributed by atoms with Gasteiger partial charge in [0.1, 0.15) is 11.3 Å². The molecule has 2 aromatic carbocycles. The molecule has 0 spiro atoms. The van der Waals surface area contributed by atoms with Crippen LogP contribution >= 0.6 is 0 Å². The second-order valence-electron chi connectivity index (χ2n) is 5.27. The maximum absolute atomic E-state index is 12.0. The molecule has 1 atom stereocenters. The molecule has 0 saturated heterocycles. The minimum atomic E-state index is -0.952. The number of carbonyl (C=O) groups excluding carboxylic acids is 2. The average Bonchev–Trinajstić information content (AvgIpc) is 2.53. The van der Waals surface area contributed by atoms with Gasteiger partial charge >= 0.3 is 5.97 Å². The fraction of sp³-hybridized carbons (Fsp3) is 0.222. The van der Waals surface area contributed by atoms with Gasteiger partial charge in [-0.25, -0.2) is 4.79 Å². The van der Waals surface area contributed by atoms with Crippen LogP contribution in [0, 0.1) is 6.92 Å². The predicted molar refractivity (Wildman–Crippen MR) is 86.0 cm³/mol. The summed E-state index contributed by atoms with van der Waals surface area (Å²) < 4.78 is 5.10. The smallest absolute Gasteiger partial charge is 0.342 e. The van der Waals surface area contributed by atoms with Crippen molar-refractivity contribution in [1.82, 2.24) is 5.32 Å². The molecule has 0 aromatic heterocycles. The van der Waals surface area contributed by atoms with E-state index in [0.29, 0.717) is 6.54 Å². The Bertz CT molecular complexity index is 697. The van der Waals surface area contributed by atoms with Crippen LogP contribution in [0.4, 0.5) is 0 Å². The van der Waals surface area contributed by atoms with E-state index in [2.05, 4.69) is 5.32 Å². The van der Waals surface area contributed by atoms with Crippen molar-refractivity contribution in [2.75, 3.05) is 0 Å². The summed E-state index contributed by atoms with van der Waals surface area (Å²) in [4.78, 5) is 24.0. The third-order valence-corrected chi connectivity index (χ3v) is 3.34. The van der Waals surface area contributed by atoms with Crippen LogP contribution in [0.5, 0.6) is 5.75 Å². The van der Waals surface area contributed by atoms with E-state index in [4.69, 9.17) is 4.74 Å². The summed E-state index contributed by atoms with van der Waals surface area (Å²) in [7, 11) is 0. The minimum Gasteiger partial charge on any atom is -0.507 e. The van der Waals surface area contributed by atoms with Gasteiger partial charge in [0.15, 0.2) is 6.10 Å². The molecule has 5 heteroatoms. The molecule has 5 nitrogen and oxygen atoms in total. The zero-order chi connectivity index (χ0) is 16.8. The lowest BCUT2D eigenvalue weighted by atomic mass is 10.1. The van der Waals surface area contributed by atoms with Crippen molar-refractivity contribution in [3.63, 3.8) is 0 Å². The number of nitrogens with one attached hydrogen (secondary N) is 1. The summed E-state index contributed by atoms with van der Waals surface area (Å²) in [5.74, 6) is -1.29. The SMILES string of the molecule is Cc1ccc(C(=O)OC(C)C(=O)NCc2ccccc2)c(O)c1. The van der Waals surface area contributed by atoms with Gasteiger partial charge in [-0.15, -0.1) is 0 Å². The fourth-order valence-corrected chi connectivity index (χ4v) is 2.02. The third-order valence-electron chi connectivity index (χ3n) is 3.34. The van der Waals surface area contributed by atoms with Crippen molar-refractivity contribution in [1.29, 1.82) is 0 Å². The summed E-state index contributed by atoms with van der Waals surface area (Å²) in [6.45, 7) is 3.65. The van der Waals surface area contributed by atoms with Crippen molar-refractivity contribution in [3.05, 3.63) is 65.2 Å². The second kappa shape index (κ2) is 7.45. The highest BCUT2D eigenvalue weighted by Crippen LogP contribution is 2.19. The van der Waals surface area contributed by atoms with Crippen LogP contribution < -0.4 is 5.32 Å². The number of esters is 1. The van der Waals surface area contributed by atoms with E-state index in [1.807, 2.05) is 30.3 Å². The topological polar surface area (TPSA) is 75.6 Å². The Labute approximate surface area is 134 Å². The van der Waals surface area contributed by atoms with Crippen LogP contribution in [0.2, 0.25) is 0 Å². The highest BCUT2D eigenvalue weighted by Gasteiger charge is 2.20. The zero-order valence-corrected chi connectivity index (χ0v) is 13.1. The summed E-state index contributed by atoms with van der Waals surface area (Å²) in [5.41, 5.74) is 1.82. The number of phenols is 1. The lowest BCUT2D eigenvalue weighted by Crippen LogP contribution is -2.35. The number of amides is 1. The first-order valence-corrected chi connectivity index (χ1v) is 7.29. The van der Waals surface area contributed by atoms with E-state index >= 15 is 0 Å². The number of phenolic OH excluding ortho intramolecular Hbond substituents is 1. The Morgan fingerprint density at radius 3 is 2.52 bits per heavy atom. The highest BCUT2D eigenvalue weighted by molar-refractivity contribution is 5.94. The average molecular weight is 313 g/mol. The Morgan fingerprint density at radius 1 is 1.17 bits per heavy atom. The first-order valence-electron chi connectivity index (χ1n) is 7.29. The van der Waals surface area contributed by atoms with Gasteiger partial charge in [-0.05, 0) is 37.1 Å². The summed E-state index contributed by atoms with van der Waals surface area (Å²) in [6.07, 6.45) is -0.952. The largest absolute Gasteiger partial charge is 0.507 e. The number of aromatic hydroxyl groups is 1. The first kappa shape index (κ1) is 16.5. The number of benzene rings is 2. The van der Waals surface area contributed by atoms with E-state index in [1.165, 1.54) is 19.1 Å². The number of aryl methyl sites for hydroxylation is 1. The number of carbonyl (C=O) groups is 2. The number of hydrogen-bond donors (Lipinski definition) is 2. The summed E-state index contributed by atoms with van der Waals surface area (Å²) in [6, 6.07) is 14.1. The molecule has 2 rings (SSSR count). The Kier molecular flexibility index (Phi) is 5.36. The van der Waals surface area contributed by atoms with Crippen LogP contribution in [0.25, 0.3) is 0 Å². The molecule has 23 heavy (non-hydrogen) atoms. The van der Waals surface area contributed by atoms with Crippen LogP contribution in [-0.2, 0) is 16.1 Å². The van der Waals surface area contributed by atoms with Crippen molar-refractivity contribution >= 4 is 11.9 Å². The highest BCUT2D eigenvalue weighted by atomic mass is 16.5. The van der Waals surface area contributed by atoms with Crippen LogP contribution in [0.3, 0.4) is 0 Å². The van der Waals surface area contributed by atoms with Crippen molar-refractivity contribution < 1.29 is 19.4 Å². The lowest BCUT2D eigenvalue weighted by Gasteiger charge is -2.14. The molecule has 0 fully saturated rings. The Hall–Kier alpha value is -2.82. The molecule has 2 aromatic rings. The zero-order valence-electron chi connectivity index (χ0n) is 13.1. The molecule has 0 heterocycles. The third kappa shape index (κ3) is 4.57. The number of hydrogen-bond acceptors (Lipinski definition) is 4. The summed E-state index contributed by atoms with van der Waals surface area (Å²) in [5, 5.41) is 12.5. The number of rotatable bonds is 5. The van der Waals surface area contributed by atoms with Gasteiger partial charge in [0.2, 0.25) is 0 Å². The quantitative estimate of drug-likeness (QED) is 0.832. The Morgan fingerprint density at radius 2 is 1.87 bits per heavy atom. The van der Waals surface area contributed by atoms with E-state index in [-0.39, 0.29) is 11.3 Å². The van der Waals surface area contributed by atoms with Crippen molar-refractivity contribution in [2.24, 2.45) is 0 Å². The molecular formula is C18H19NO4. The second-order valence-corrected chi connectivity index (χ2v) is 5.27. The molecular weight excluding hydrogens is 294 g/mol. The Balaban J connectivity index is 1.91. The molecule has 0 radical (unpaired) electrons. The van der Waals surface area contributed by atoms with Gasteiger partial charge < -0.3 is 15.2 Å². The molecule has 1 amide bonds. The first-order chi connectivity index (χ1) is 11.0. The molecule has 0 aliphatic carbocycles. The predicted octanol–water partition coefficient (Wildman–Crippen LogP) is 2.56. The lowest BCUT2D eigenvalue weighted by molar-refractivity contribution is -0.129. The summed E-state index contributed by atoms with van der Waals surface area (Å²) >= 11 is 0. The van der Waals surface area contributed by atoms with Crippen molar-refractivity contribution in [2.45, 2.75) is 26.5 Å². The molecule has 0 bridgehead atoms. The van der Waals surface area contributed by atoms with Crippen LogP contribution in [0.1, 0.15) is 28.4 Å². The standard InChI is InChI=1S/C18H19NO4/c1-12-8-9-15(16(20)10-12)18(22)23-13(2)17(21)19-11-14-6-4-3-5-7-14/h3-10,13,20H,11H2,1-2H3,(H,19,21). The normalized spacial score (nSPS) is 11.6. The van der Waals surface area contributed by atoms with Gasteiger partial charge in [-0.2, -0.15) is 0 Å². The van der Waals surface area contributed by atoms with Gasteiger partial charge in [0.05, 0.1) is 0 Å². The van der Waals surface area contributed by atoms with E-state index in [0.717, 1.165) is 11.1 Å². The minimum absolute atomic E-state index is 0.0401. The van der Waals surface area contributed by atoms with E-state index < -0.39 is 18.0 Å². The fourth-order valence-electron chi connectivity index (χ4n) is 2.02. The molecule has 2 N–H and O–H groups in total. The maximum Gasteiger partial charge on any atom is 0.342 e. The van der Waals surface area contributed by atoms with Crippen LogP contribution in [-0.4, -0.2) is 23.1 Å². The van der Waals surface area contributed by atoms with Crippen LogP contribution in [0.15, 0.2) is 48.5 Å². The molecule has 1 unspecified atom stereocenters.